The molecule has 0 spiro atoms. The second kappa shape index (κ2) is 18.4. The van der Waals surface area contributed by atoms with E-state index in [1.54, 1.807) is 42.1 Å². The quantitative estimate of drug-likeness (QED) is 0.115. The van der Waals surface area contributed by atoms with Gasteiger partial charge in [0.25, 0.3) is 5.91 Å². The minimum atomic E-state index is -0.705. The number of nitrogens with one attached hydrogen (secondary N) is 3. The van der Waals surface area contributed by atoms with Gasteiger partial charge in [0.1, 0.15) is 29.3 Å². The third-order valence-corrected chi connectivity index (χ3v) is 7.46. The number of benzene rings is 1. The second-order valence-corrected chi connectivity index (χ2v) is 12.4. The molecule has 0 bridgehead atoms. The van der Waals surface area contributed by atoms with Gasteiger partial charge in [-0.3, -0.25) is 9.20 Å². The van der Waals surface area contributed by atoms with Gasteiger partial charge in [0, 0.05) is 48.9 Å². The lowest BCUT2D eigenvalue weighted by molar-refractivity contribution is 0.0106. The van der Waals surface area contributed by atoms with Crippen molar-refractivity contribution in [3.05, 3.63) is 36.2 Å². The third kappa shape index (κ3) is 11.6. The zero-order valence-corrected chi connectivity index (χ0v) is 28.8. The predicted molar refractivity (Wildman–Crippen MR) is 184 cm³/mol. The van der Waals surface area contributed by atoms with Crippen LogP contribution in [0.2, 0.25) is 0 Å². The van der Waals surface area contributed by atoms with E-state index in [2.05, 4.69) is 20.9 Å². The van der Waals surface area contributed by atoms with E-state index in [0.29, 0.717) is 75.0 Å². The summed E-state index contributed by atoms with van der Waals surface area (Å²) in [7, 11) is 1.55. The molecule has 49 heavy (non-hydrogen) atoms. The monoisotopic (exact) mass is 686 g/mol. The first-order chi connectivity index (χ1) is 23.6. The smallest absolute Gasteiger partial charge is 0.407 e. The Balaban J connectivity index is 1.46. The number of hydrogen-bond donors (Lipinski definition) is 5. The van der Waals surface area contributed by atoms with Gasteiger partial charge in [-0.1, -0.05) is 12.8 Å². The Morgan fingerprint density at radius 3 is 2.24 bits per heavy atom. The van der Waals surface area contributed by atoms with Crippen molar-refractivity contribution in [3.63, 3.8) is 0 Å². The van der Waals surface area contributed by atoms with Crippen LogP contribution in [0.1, 0.15) is 56.8 Å². The van der Waals surface area contributed by atoms with Crippen molar-refractivity contribution < 1.29 is 38.0 Å². The van der Waals surface area contributed by atoms with Gasteiger partial charge in [-0.05, 0) is 33.6 Å². The molecule has 1 aromatic carbocycles. The summed E-state index contributed by atoms with van der Waals surface area (Å²) < 4.78 is 34.9. The lowest BCUT2D eigenvalue weighted by atomic mass is 9.90. The van der Waals surface area contributed by atoms with Crippen LogP contribution in [0.25, 0.3) is 5.65 Å². The summed E-state index contributed by atoms with van der Waals surface area (Å²) in [4.78, 5) is 34.6. The van der Waals surface area contributed by atoms with Crippen LogP contribution in [-0.4, -0.2) is 104 Å². The van der Waals surface area contributed by atoms with Crippen LogP contribution >= 0.6 is 0 Å². The van der Waals surface area contributed by atoms with E-state index in [9.17, 15) is 9.59 Å². The van der Waals surface area contributed by atoms with Crippen LogP contribution in [0, 0.1) is 0 Å². The molecule has 0 radical (unpaired) electrons. The minimum Gasteiger partial charge on any atom is -0.497 e. The number of alkyl carbamates (subject to hydrolysis) is 1. The number of hydrogen-bond acceptors (Lipinski definition) is 13. The molecule has 16 heteroatoms. The zero-order chi connectivity index (χ0) is 35.2. The Kier molecular flexibility index (Phi) is 14.1. The van der Waals surface area contributed by atoms with E-state index in [-0.39, 0.29) is 30.1 Å². The largest absolute Gasteiger partial charge is 0.497 e. The van der Waals surface area contributed by atoms with Gasteiger partial charge in [-0.2, -0.15) is 4.98 Å². The molecule has 2 aromatic heterocycles. The van der Waals surface area contributed by atoms with Gasteiger partial charge in [-0.15, -0.1) is 0 Å². The van der Waals surface area contributed by atoms with Crippen LogP contribution < -0.4 is 36.9 Å². The lowest BCUT2D eigenvalue weighted by Gasteiger charge is -2.34. The van der Waals surface area contributed by atoms with Gasteiger partial charge in [0.15, 0.2) is 11.5 Å². The number of aromatic nitrogens is 3. The van der Waals surface area contributed by atoms with Gasteiger partial charge in [0.2, 0.25) is 5.95 Å². The predicted octanol–water partition coefficient (Wildman–Crippen LogP) is 3.22. The fourth-order valence-corrected chi connectivity index (χ4v) is 5.33. The minimum absolute atomic E-state index is 0.106. The van der Waals surface area contributed by atoms with Crippen molar-refractivity contribution in [2.75, 3.05) is 70.5 Å². The Hall–Kier alpha value is -4.38. The first-order valence-electron chi connectivity index (χ1n) is 16.5. The molecule has 2 amide bonds. The molecule has 7 N–H and O–H groups in total. The third-order valence-electron chi connectivity index (χ3n) is 7.46. The summed E-state index contributed by atoms with van der Waals surface area (Å²) >= 11 is 0. The van der Waals surface area contributed by atoms with Crippen molar-refractivity contribution in [2.45, 2.75) is 64.1 Å². The van der Waals surface area contributed by atoms with Gasteiger partial charge < -0.3 is 55.8 Å². The highest BCUT2D eigenvalue weighted by molar-refractivity contribution is 6.04. The first-order valence-corrected chi connectivity index (χ1v) is 16.5. The summed E-state index contributed by atoms with van der Waals surface area (Å²) in [6.45, 7) is 8.92. The number of carbonyl (C=O) groups excluding carboxylic acids is 2. The number of nitrogens with two attached hydrogens (primary N) is 2. The molecular weight excluding hydrogens is 636 g/mol. The van der Waals surface area contributed by atoms with Crippen molar-refractivity contribution in [1.82, 2.24) is 19.7 Å². The SMILES string of the molecule is COc1cc(Nc2nc(N[C@H]3CCCC[C@H]3NC(=O)OC(C)(C)C)n3ccnc3c2C(N)=O)cc(OCCOCCOCCOCCN)c1. The normalized spacial score (nSPS) is 16.3. The summed E-state index contributed by atoms with van der Waals surface area (Å²) in [5.74, 6) is 0.940. The first kappa shape index (κ1) is 37.4. The number of imidazole rings is 1. The molecular formula is C33H50N8O8. The molecule has 0 aliphatic heterocycles. The Labute approximate surface area is 286 Å². The van der Waals surface area contributed by atoms with Crippen LogP contribution in [0.4, 0.5) is 22.2 Å². The molecule has 1 fully saturated rings. The average molecular weight is 687 g/mol. The van der Waals surface area contributed by atoms with E-state index >= 15 is 0 Å². The summed E-state index contributed by atoms with van der Waals surface area (Å²) in [6, 6.07) is 4.88. The van der Waals surface area contributed by atoms with Crippen LogP contribution in [0.3, 0.4) is 0 Å². The van der Waals surface area contributed by atoms with E-state index in [1.165, 1.54) is 0 Å². The van der Waals surface area contributed by atoms with Crippen LogP contribution in [0.15, 0.2) is 30.6 Å². The Morgan fingerprint density at radius 1 is 0.939 bits per heavy atom. The van der Waals surface area contributed by atoms with Crippen molar-refractivity contribution in [2.24, 2.45) is 11.5 Å². The number of rotatable bonds is 19. The van der Waals surface area contributed by atoms with E-state index in [1.807, 2.05) is 20.8 Å². The van der Waals surface area contributed by atoms with Gasteiger partial charge in [-0.25, -0.2) is 9.78 Å². The molecule has 3 aromatic rings. The van der Waals surface area contributed by atoms with Crippen LogP contribution in [-0.2, 0) is 18.9 Å². The highest BCUT2D eigenvalue weighted by atomic mass is 16.6. The maximum absolute atomic E-state index is 12.8. The number of amides is 2. The fourth-order valence-electron chi connectivity index (χ4n) is 5.33. The highest BCUT2D eigenvalue weighted by Gasteiger charge is 2.30. The molecule has 4 rings (SSSR count). The molecule has 16 nitrogen and oxygen atoms in total. The zero-order valence-electron chi connectivity index (χ0n) is 28.8. The number of carbonyl (C=O) groups is 2. The van der Waals surface area contributed by atoms with Crippen LogP contribution in [0.5, 0.6) is 11.5 Å². The molecule has 1 aliphatic rings. The standard InChI is InChI=1S/C33H50N8O8/c1-33(2,3)49-32(43)39-26-8-6-5-7-25(26)38-31-40-29(27(28(35)42)30-36-10-11-41(30)31)37-22-19-23(44-4)21-24(20-22)48-18-17-47-16-15-46-14-13-45-12-9-34/h10-11,19-21,25-26,37H,5-9,12-18,34H2,1-4H3,(H2,35,42)(H,38,40)(H,39,43)/t25-,26+/m0/s1. The molecule has 2 atom stereocenters. The summed E-state index contributed by atoms with van der Waals surface area (Å²) in [5.41, 5.74) is 11.6. The summed E-state index contributed by atoms with van der Waals surface area (Å²) in [6.07, 6.45) is 6.28. The molecule has 270 valence electrons. The van der Waals surface area contributed by atoms with Crippen molar-refractivity contribution in [1.29, 1.82) is 0 Å². The number of nitrogens with zero attached hydrogens (tertiary/aromatic N) is 3. The van der Waals surface area contributed by atoms with Gasteiger partial charge in [0.05, 0.1) is 52.8 Å². The Morgan fingerprint density at radius 2 is 1.59 bits per heavy atom. The lowest BCUT2D eigenvalue weighted by Crippen LogP contribution is -2.50. The van der Waals surface area contributed by atoms with Crippen molar-refractivity contribution >= 4 is 35.1 Å². The number of anilines is 3. The topological polar surface area (TPSA) is 208 Å². The Bertz CT molecular complexity index is 1510. The van der Waals surface area contributed by atoms with E-state index < -0.39 is 17.6 Å². The molecule has 0 saturated heterocycles. The maximum Gasteiger partial charge on any atom is 0.407 e. The molecule has 0 unspecified atom stereocenters. The maximum atomic E-state index is 12.8. The van der Waals surface area contributed by atoms with Gasteiger partial charge >= 0.3 is 6.09 Å². The number of fused-ring (bicyclic) bond motifs is 1. The number of ether oxygens (including phenoxy) is 6. The molecule has 1 aliphatic carbocycles. The molecule has 2 heterocycles. The second-order valence-electron chi connectivity index (χ2n) is 12.4. The summed E-state index contributed by atoms with van der Waals surface area (Å²) in [5, 5.41) is 9.72. The molecule has 1 saturated carbocycles. The van der Waals surface area contributed by atoms with E-state index in [4.69, 9.17) is 44.9 Å². The average Bonchev–Trinajstić information content (AvgIpc) is 3.53. The van der Waals surface area contributed by atoms with E-state index in [0.717, 1.165) is 25.7 Å². The number of methoxy groups -OCH3 is 1. The highest BCUT2D eigenvalue weighted by Crippen LogP contribution is 2.31. The van der Waals surface area contributed by atoms with Crippen molar-refractivity contribution in [3.8, 4) is 11.5 Å². The number of primary amides is 1. The fraction of sp³-hybridized carbons (Fsp3) is 0.576.